The van der Waals surface area contributed by atoms with Crippen LogP contribution in [-0.4, -0.2) is 30.6 Å². The van der Waals surface area contributed by atoms with Gasteiger partial charge in [-0.05, 0) is 0 Å². The zero-order valence-electron chi connectivity index (χ0n) is 5.21. The molecule has 0 spiro atoms. The third-order valence-electron chi connectivity index (χ3n) is 2.11. The molecule has 0 aromatic rings. The van der Waals surface area contributed by atoms with E-state index < -0.39 is 6.29 Å². The van der Waals surface area contributed by atoms with Gasteiger partial charge in [-0.2, -0.15) is 0 Å². The lowest BCUT2D eigenvalue weighted by atomic mass is 10.1. The van der Waals surface area contributed by atoms with Gasteiger partial charge in [-0.25, -0.2) is 0 Å². The maximum Gasteiger partial charge on any atom is 0.155 e. The number of hydrogen-bond donors (Lipinski definition) is 2. The molecule has 3 heteroatoms. The molecule has 3 atom stereocenters. The fourth-order valence-electron chi connectivity index (χ4n) is 1.62. The summed E-state index contributed by atoms with van der Waals surface area (Å²) in [5.74, 6) is 0.569. The van der Waals surface area contributed by atoms with Crippen LogP contribution in [0.15, 0.2) is 0 Å². The Hall–Kier alpha value is -0.120. The van der Waals surface area contributed by atoms with Crippen LogP contribution < -0.4 is 5.32 Å². The summed E-state index contributed by atoms with van der Waals surface area (Å²) in [6.45, 7) is 1.93. The van der Waals surface area contributed by atoms with Crippen molar-refractivity contribution in [2.75, 3.05) is 13.1 Å². The van der Waals surface area contributed by atoms with E-state index in [1.807, 2.05) is 0 Å². The molecule has 2 aliphatic heterocycles. The molecule has 0 amide bonds. The highest BCUT2D eigenvalue weighted by Crippen LogP contribution is 2.27. The van der Waals surface area contributed by atoms with Crippen LogP contribution in [-0.2, 0) is 4.74 Å². The van der Waals surface area contributed by atoms with E-state index in [0.717, 1.165) is 19.5 Å². The molecule has 52 valence electrons. The van der Waals surface area contributed by atoms with E-state index in [9.17, 15) is 0 Å². The highest BCUT2D eigenvalue weighted by atomic mass is 16.6. The largest absolute Gasteiger partial charge is 0.368 e. The van der Waals surface area contributed by atoms with Crippen LogP contribution in [0.4, 0.5) is 0 Å². The van der Waals surface area contributed by atoms with Crippen LogP contribution >= 0.6 is 0 Å². The average molecular weight is 129 g/mol. The zero-order valence-corrected chi connectivity index (χ0v) is 5.21. The normalized spacial score (nSPS) is 49.7. The number of ether oxygens (including phenoxy) is 1. The number of fused-ring (bicyclic) bond motifs is 1. The van der Waals surface area contributed by atoms with Crippen LogP contribution in [0.3, 0.4) is 0 Å². The van der Waals surface area contributed by atoms with Crippen molar-refractivity contribution in [1.29, 1.82) is 0 Å². The molecule has 2 rings (SSSR count). The minimum atomic E-state index is -0.484. The van der Waals surface area contributed by atoms with Crippen LogP contribution in [0.5, 0.6) is 0 Å². The van der Waals surface area contributed by atoms with Crippen molar-refractivity contribution in [3.8, 4) is 0 Å². The monoisotopic (exact) mass is 129 g/mol. The maximum atomic E-state index is 8.98. The summed E-state index contributed by atoms with van der Waals surface area (Å²) in [6.07, 6.45) is 0.625. The first-order chi connectivity index (χ1) is 4.36. The molecule has 2 N–H and O–H groups in total. The zero-order chi connectivity index (χ0) is 6.27. The van der Waals surface area contributed by atoms with E-state index in [0.29, 0.717) is 12.0 Å². The number of rotatable bonds is 0. The lowest BCUT2D eigenvalue weighted by Gasteiger charge is -2.04. The summed E-state index contributed by atoms with van der Waals surface area (Å²) in [5, 5.41) is 12.2. The lowest BCUT2D eigenvalue weighted by molar-refractivity contribution is -0.0876. The summed E-state index contributed by atoms with van der Waals surface area (Å²) in [5.41, 5.74) is 0. The van der Waals surface area contributed by atoms with Crippen molar-refractivity contribution in [3.63, 3.8) is 0 Å². The summed E-state index contributed by atoms with van der Waals surface area (Å²) in [7, 11) is 0. The summed E-state index contributed by atoms with van der Waals surface area (Å²) in [4.78, 5) is 0. The van der Waals surface area contributed by atoms with Crippen molar-refractivity contribution in [1.82, 2.24) is 5.32 Å². The quantitative estimate of drug-likeness (QED) is 0.455. The highest BCUT2D eigenvalue weighted by molar-refractivity contribution is 4.86. The number of nitrogens with one attached hydrogen (secondary N) is 1. The first-order valence-corrected chi connectivity index (χ1v) is 3.40. The fraction of sp³-hybridized carbons (Fsp3) is 1.00. The minimum Gasteiger partial charge on any atom is -0.368 e. The van der Waals surface area contributed by atoms with E-state index in [4.69, 9.17) is 9.84 Å². The van der Waals surface area contributed by atoms with Gasteiger partial charge in [0.1, 0.15) is 0 Å². The Morgan fingerprint density at radius 2 is 2.33 bits per heavy atom. The predicted octanol–water partition coefficient (Wildman–Crippen LogP) is -0.687. The number of aliphatic hydroxyl groups excluding tert-OH is 1. The van der Waals surface area contributed by atoms with E-state index >= 15 is 0 Å². The molecule has 0 radical (unpaired) electrons. The van der Waals surface area contributed by atoms with Gasteiger partial charge in [-0.1, -0.05) is 0 Å². The van der Waals surface area contributed by atoms with Gasteiger partial charge in [-0.15, -0.1) is 0 Å². The molecule has 2 saturated heterocycles. The van der Waals surface area contributed by atoms with Gasteiger partial charge in [0, 0.05) is 25.4 Å². The van der Waals surface area contributed by atoms with Crippen LogP contribution in [0, 0.1) is 5.92 Å². The van der Waals surface area contributed by atoms with Crippen molar-refractivity contribution >= 4 is 0 Å². The van der Waals surface area contributed by atoms with Gasteiger partial charge < -0.3 is 15.2 Å². The van der Waals surface area contributed by atoms with Crippen molar-refractivity contribution in [2.45, 2.75) is 18.8 Å². The molecule has 0 aromatic heterocycles. The maximum absolute atomic E-state index is 8.98. The van der Waals surface area contributed by atoms with Gasteiger partial charge in [-0.3, -0.25) is 0 Å². The minimum absolute atomic E-state index is 0.292. The van der Waals surface area contributed by atoms with Gasteiger partial charge in [0.15, 0.2) is 6.29 Å². The highest BCUT2D eigenvalue weighted by Gasteiger charge is 2.37. The number of aliphatic hydroxyl groups is 1. The molecule has 2 aliphatic rings. The van der Waals surface area contributed by atoms with Crippen molar-refractivity contribution in [2.24, 2.45) is 5.92 Å². The first-order valence-electron chi connectivity index (χ1n) is 3.40. The molecule has 0 saturated carbocycles. The summed E-state index contributed by atoms with van der Waals surface area (Å²) in [6, 6.07) is 0. The van der Waals surface area contributed by atoms with Crippen LogP contribution in [0.2, 0.25) is 0 Å². The standard InChI is InChI=1S/C6H11NO2/c8-6-1-4-2-7-3-5(4)9-6/h4-8H,1-3H2. The molecule has 0 aliphatic carbocycles. The van der Waals surface area contributed by atoms with Gasteiger partial charge in [0.2, 0.25) is 0 Å². The number of hydrogen-bond acceptors (Lipinski definition) is 3. The Morgan fingerprint density at radius 3 is 3.11 bits per heavy atom. The Balaban J connectivity index is 2.02. The van der Waals surface area contributed by atoms with Crippen molar-refractivity contribution < 1.29 is 9.84 Å². The Kier molecular flexibility index (Phi) is 1.22. The smallest absolute Gasteiger partial charge is 0.155 e. The average Bonchev–Trinajstić information content (AvgIpc) is 2.22. The Bertz CT molecular complexity index is 106. The lowest BCUT2D eigenvalue weighted by Crippen LogP contribution is -2.18. The van der Waals surface area contributed by atoms with Crippen molar-refractivity contribution in [3.05, 3.63) is 0 Å². The summed E-state index contributed by atoms with van der Waals surface area (Å²) >= 11 is 0. The Labute approximate surface area is 54.0 Å². The van der Waals surface area contributed by atoms with Crippen LogP contribution in [0.1, 0.15) is 6.42 Å². The molecule has 3 unspecified atom stereocenters. The van der Waals surface area contributed by atoms with Gasteiger partial charge in [0.05, 0.1) is 6.10 Å². The molecule has 0 aromatic carbocycles. The van der Waals surface area contributed by atoms with E-state index in [1.165, 1.54) is 0 Å². The third kappa shape index (κ3) is 0.852. The second kappa shape index (κ2) is 1.94. The third-order valence-corrected chi connectivity index (χ3v) is 2.11. The van der Waals surface area contributed by atoms with E-state index in [1.54, 1.807) is 0 Å². The second-order valence-corrected chi connectivity index (χ2v) is 2.78. The molecule has 3 nitrogen and oxygen atoms in total. The van der Waals surface area contributed by atoms with Crippen LogP contribution in [0.25, 0.3) is 0 Å². The second-order valence-electron chi connectivity index (χ2n) is 2.78. The first kappa shape index (κ1) is 5.65. The molecule has 9 heavy (non-hydrogen) atoms. The molecular weight excluding hydrogens is 118 g/mol. The molecule has 0 bridgehead atoms. The summed E-state index contributed by atoms with van der Waals surface area (Å²) < 4.78 is 5.18. The molecule has 2 heterocycles. The van der Waals surface area contributed by atoms with E-state index in [-0.39, 0.29) is 0 Å². The van der Waals surface area contributed by atoms with E-state index in [2.05, 4.69) is 5.32 Å². The van der Waals surface area contributed by atoms with Gasteiger partial charge >= 0.3 is 0 Å². The molecule has 2 fully saturated rings. The molecular formula is C6H11NO2. The SMILES string of the molecule is OC1CC2CNCC2O1. The Morgan fingerprint density at radius 1 is 1.44 bits per heavy atom. The van der Waals surface area contributed by atoms with Gasteiger partial charge in [0.25, 0.3) is 0 Å². The predicted molar refractivity (Wildman–Crippen MR) is 31.9 cm³/mol. The topological polar surface area (TPSA) is 41.5 Å². The fourth-order valence-corrected chi connectivity index (χ4v) is 1.62.